The van der Waals surface area contributed by atoms with Gasteiger partial charge in [0.05, 0.1) is 35.8 Å². The molecular formula is C37H49NO12. The molecule has 6 rings (SSSR count). The minimum Gasteiger partial charge on any atom is -0.456 e. The largest absolute Gasteiger partial charge is 0.456 e. The lowest BCUT2D eigenvalue weighted by Crippen LogP contribution is -2.81. The second-order valence-corrected chi connectivity index (χ2v) is 15.8. The summed E-state index contributed by atoms with van der Waals surface area (Å²) >= 11 is 0. The van der Waals surface area contributed by atoms with Crippen molar-refractivity contribution in [3.05, 3.63) is 47.0 Å². The van der Waals surface area contributed by atoms with E-state index in [1.807, 2.05) is 0 Å². The molecule has 2 bridgehead atoms. The van der Waals surface area contributed by atoms with Crippen molar-refractivity contribution in [2.75, 3.05) is 6.61 Å². The highest BCUT2D eigenvalue weighted by molar-refractivity contribution is 5.94. The van der Waals surface area contributed by atoms with Gasteiger partial charge < -0.3 is 45.1 Å². The molecule has 13 heteroatoms. The molecule has 0 spiro atoms. The molecular weight excluding hydrogens is 650 g/mol. The number of aliphatic hydroxyl groups is 5. The second-order valence-electron chi connectivity index (χ2n) is 15.8. The van der Waals surface area contributed by atoms with Crippen molar-refractivity contribution in [2.45, 2.75) is 127 Å². The van der Waals surface area contributed by atoms with Crippen LogP contribution in [0.15, 0.2) is 41.5 Å². The Labute approximate surface area is 291 Å². The summed E-state index contributed by atoms with van der Waals surface area (Å²) in [5.41, 5.74) is -7.22. The summed E-state index contributed by atoms with van der Waals surface area (Å²) in [6.07, 6.45) is -6.61. The first-order valence-electron chi connectivity index (χ1n) is 17.5. The van der Waals surface area contributed by atoms with Crippen LogP contribution >= 0.6 is 0 Å². The molecule has 0 aromatic heterocycles. The summed E-state index contributed by atoms with van der Waals surface area (Å²) in [6.45, 7) is 7.10. The molecule has 274 valence electrons. The Kier molecular flexibility index (Phi) is 9.35. The molecule has 1 aromatic rings. The molecule has 1 heterocycles. The van der Waals surface area contributed by atoms with E-state index < -0.39 is 101 Å². The minimum absolute atomic E-state index is 0.00403. The van der Waals surface area contributed by atoms with E-state index in [9.17, 15) is 44.7 Å². The number of benzene rings is 1. The number of ketones is 1. The van der Waals surface area contributed by atoms with Crippen LogP contribution < -0.4 is 5.32 Å². The summed E-state index contributed by atoms with van der Waals surface area (Å²) < 4.78 is 17.7. The first kappa shape index (κ1) is 36.6. The highest BCUT2D eigenvalue weighted by atomic mass is 16.6. The van der Waals surface area contributed by atoms with Crippen molar-refractivity contribution >= 4 is 23.6 Å². The van der Waals surface area contributed by atoms with Crippen LogP contribution in [0.2, 0.25) is 0 Å². The highest BCUT2D eigenvalue weighted by Gasteiger charge is 2.76. The van der Waals surface area contributed by atoms with Gasteiger partial charge in [-0.3, -0.25) is 9.59 Å². The van der Waals surface area contributed by atoms with E-state index in [2.05, 4.69) is 5.32 Å². The van der Waals surface area contributed by atoms with E-state index in [1.165, 1.54) is 26.0 Å². The van der Waals surface area contributed by atoms with Crippen LogP contribution in [0.5, 0.6) is 0 Å². The summed E-state index contributed by atoms with van der Waals surface area (Å²) in [4.78, 5) is 54.2. The number of carbonyl (C=O) groups excluding carboxylic acids is 4. The van der Waals surface area contributed by atoms with Crippen molar-refractivity contribution in [1.29, 1.82) is 0 Å². The van der Waals surface area contributed by atoms with E-state index in [-0.39, 0.29) is 35.7 Å². The molecule has 13 nitrogen and oxygen atoms in total. The number of carbonyl (C=O) groups is 4. The van der Waals surface area contributed by atoms with Crippen molar-refractivity contribution in [1.82, 2.24) is 5.32 Å². The van der Waals surface area contributed by atoms with Crippen LogP contribution in [0.4, 0.5) is 0 Å². The normalized spacial score (nSPS) is 39.1. The molecule has 11 atom stereocenters. The average Bonchev–Trinajstić information content (AvgIpc) is 3.60. The predicted octanol–water partition coefficient (Wildman–Crippen LogP) is 1.12. The summed E-state index contributed by atoms with van der Waals surface area (Å²) in [5.74, 6) is -4.90. The summed E-state index contributed by atoms with van der Waals surface area (Å²) in [6, 6.07) is 7.03. The third-order valence-corrected chi connectivity index (χ3v) is 12.7. The fourth-order valence-corrected chi connectivity index (χ4v) is 9.74. The molecule has 0 radical (unpaired) electrons. The maximum atomic E-state index is 14.6. The number of rotatable bonds is 7. The molecule has 50 heavy (non-hydrogen) atoms. The average molecular weight is 700 g/mol. The Balaban J connectivity index is 1.47. The SMILES string of the molecule is CC(=O)NC(C1CCCC1)C(O)C(=O)OC1CC2(O)C(OC(=O)c3ccccc3)C3[C@]4(O)COC4CC(O)[C@@]3(C)C(=O)C(O)C(=C1C)C2(C)C. The van der Waals surface area contributed by atoms with Crippen molar-refractivity contribution in [3.8, 4) is 0 Å². The topological polar surface area (TPSA) is 209 Å². The molecule has 3 saturated carbocycles. The van der Waals surface area contributed by atoms with E-state index in [0.717, 1.165) is 12.8 Å². The number of esters is 2. The third-order valence-electron chi connectivity index (χ3n) is 12.7. The van der Waals surface area contributed by atoms with Gasteiger partial charge in [0.1, 0.15) is 29.5 Å². The molecule has 9 unspecified atom stereocenters. The van der Waals surface area contributed by atoms with E-state index in [4.69, 9.17) is 14.2 Å². The van der Waals surface area contributed by atoms with Gasteiger partial charge in [-0.2, -0.15) is 0 Å². The Morgan fingerprint density at radius 3 is 2.24 bits per heavy atom. The van der Waals surface area contributed by atoms with Gasteiger partial charge in [0.2, 0.25) is 5.91 Å². The molecule has 4 aliphatic carbocycles. The third kappa shape index (κ3) is 5.43. The van der Waals surface area contributed by atoms with Crippen LogP contribution in [-0.4, -0.2) is 110 Å². The first-order chi connectivity index (χ1) is 23.4. The zero-order valence-electron chi connectivity index (χ0n) is 29.1. The Bertz CT molecular complexity index is 1570. The predicted molar refractivity (Wildman–Crippen MR) is 175 cm³/mol. The maximum Gasteiger partial charge on any atom is 0.338 e. The molecule has 4 fully saturated rings. The number of hydrogen-bond donors (Lipinski definition) is 6. The Hall–Kier alpha value is -3.20. The summed E-state index contributed by atoms with van der Waals surface area (Å²) in [7, 11) is 0. The molecule has 1 saturated heterocycles. The number of hydrogen-bond acceptors (Lipinski definition) is 12. The number of amides is 1. The Morgan fingerprint density at radius 2 is 1.66 bits per heavy atom. The van der Waals surface area contributed by atoms with Gasteiger partial charge in [-0.15, -0.1) is 0 Å². The lowest BCUT2D eigenvalue weighted by molar-refractivity contribution is -0.343. The van der Waals surface area contributed by atoms with Crippen LogP contribution in [0.25, 0.3) is 0 Å². The smallest absolute Gasteiger partial charge is 0.338 e. The highest BCUT2D eigenvalue weighted by Crippen LogP contribution is 2.63. The second kappa shape index (κ2) is 12.8. The van der Waals surface area contributed by atoms with Crippen molar-refractivity contribution in [2.24, 2.45) is 22.7 Å². The number of Topliss-reactive ketones (excluding diaryl/α,β-unsaturated/α-hetero) is 1. The van der Waals surface area contributed by atoms with Gasteiger partial charge >= 0.3 is 11.9 Å². The quantitative estimate of drug-likeness (QED) is 0.175. The van der Waals surface area contributed by atoms with Crippen LogP contribution in [0.3, 0.4) is 0 Å². The van der Waals surface area contributed by atoms with Gasteiger partial charge in [0, 0.05) is 31.1 Å². The zero-order valence-corrected chi connectivity index (χ0v) is 29.1. The van der Waals surface area contributed by atoms with Gasteiger partial charge in [-0.25, -0.2) is 9.59 Å². The lowest BCUT2D eigenvalue weighted by Gasteiger charge is -2.66. The van der Waals surface area contributed by atoms with Crippen LogP contribution in [-0.2, 0) is 28.6 Å². The van der Waals surface area contributed by atoms with Gasteiger partial charge in [0.15, 0.2) is 11.9 Å². The van der Waals surface area contributed by atoms with Crippen molar-refractivity contribution in [3.63, 3.8) is 0 Å². The fourth-order valence-electron chi connectivity index (χ4n) is 9.74. The first-order valence-corrected chi connectivity index (χ1v) is 17.5. The Morgan fingerprint density at radius 1 is 1.02 bits per heavy atom. The minimum atomic E-state index is -2.24. The molecule has 6 N–H and O–H groups in total. The monoisotopic (exact) mass is 699 g/mol. The standard InChI is InChI=1S/C37H49NO12/c1-18-22(49-33(45)28(42)26(38-19(2)39)20-11-9-10-12-20)16-37(47)31(50-32(44)21-13-7-6-8-14-21)29-35(5,23(40)15-24-36(29,46)17-48-24)30(43)27(41)25(18)34(37,3)4/h6-8,13-14,20,22-24,26-29,31,40-42,46-47H,9-12,15-17H2,1-5H3,(H,38,39)/t22?,23?,24?,26?,27?,28?,29?,31?,35-,36+,37?/m1/s1. The molecule has 5 aliphatic rings. The fraction of sp³-hybridized carbons (Fsp3) is 0.676. The lowest BCUT2D eigenvalue weighted by atomic mass is 9.44. The maximum absolute atomic E-state index is 14.6. The van der Waals surface area contributed by atoms with Gasteiger partial charge in [-0.1, -0.05) is 44.9 Å². The number of ether oxygens (including phenoxy) is 3. The van der Waals surface area contributed by atoms with E-state index in [1.54, 1.807) is 39.0 Å². The van der Waals surface area contributed by atoms with E-state index >= 15 is 0 Å². The van der Waals surface area contributed by atoms with Crippen molar-refractivity contribution < 1.29 is 58.9 Å². The number of fused-ring (bicyclic) bond motifs is 5. The van der Waals surface area contributed by atoms with Crippen LogP contribution in [0.1, 0.15) is 83.5 Å². The number of nitrogens with one attached hydrogen (secondary N) is 1. The molecule has 1 aromatic carbocycles. The van der Waals surface area contributed by atoms with Crippen LogP contribution in [0, 0.1) is 22.7 Å². The van der Waals surface area contributed by atoms with E-state index in [0.29, 0.717) is 12.8 Å². The zero-order chi connectivity index (χ0) is 36.6. The van der Waals surface area contributed by atoms with Gasteiger partial charge in [-0.05, 0) is 55.9 Å². The summed E-state index contributed by atoms with van der Waals surface area (Å²) in [5, 5.41) is 62.8. The molecule has 1 amide bonds. The number of aliphatic hydroxyl groups excluding tert-OH is 3. The van der Waals surface area contributed by atoms with Gasteiger partial charge in [0.25, 0.3) is 0 Å². The molecule has 1 aliphatic heterocycles.